The summed E-state index contributed by atoms with van der Waals surface area (Å²) < 4.78 is 26.1. The SMILES string of the molecule is O=C(CCCn1c(=O)oc2cc([N+](=O)[O-])ccc21)Nc1ccc(N2CCOCC2)c(F)c1. The first kappa shape index (κ1) is 21.5. The van der Waals surface area contributed by atoms with E-state index in [1.807, 2.05) is 4.90 Å². The molecule has 1 saturated heterocycles. The van der Waals surface area contributed by atoms with E-state index < -0.39 is 16.5 Å². The van der Waals surface area contributed by atoms with Crippen molar-refractivity contribution in [3.8, 4) is 0 Å². The van der Waals surface area contributed by atoms with Crippen LogP contribution in [0.15, 0.2) is 45.6 Å². The lowest BCUT2D eigenvalue weighted by atomic mass is 10.2. The highest BCUT2D eigenvalue weighted by atomic mass is 19.1. The van der Waals surface area contributed by atoms with E-state index in [-0.39, 0.29) is 30.1 Å². The highest BCUT2D eigenvalue weighted by Gasteiger charge is 2.17. The molecule has 0 atom stereocenters. The number of oxazole rings is 1. The minimum Gasteiger partial charge on any atom is -0.407 e. The summed E-state index contributed by atoms with van der Waals surface area (Å²) in [6, 6.07) is 8.48. The molecule has 3 aromatic rings. The molecule has 11 heteroatoms. The second-order valence-corrected chi connectivity index (χ2v) is 7.35. The Labute approximate surface area is 181 Å². The van der Waals surface area contributed by atoms with Crippen molar-refractivity contribution < 1.29 is 23.3 Å². The number of aromatic nitrogens is 1. The molecule has 32 heavy (non-hydrogen) atoms. The number of nitrogens with zero attached hydrogens (tertiary/aromatic N) is 3. The van der Waals surface area contributed by atoms with Gasteiger partial charge in [-0.25, -0.2) is 9.18 Å². The predicted molar refractivity (Wildman–Crippen MR) is 114 cm³/mol. The Morgan fingerprint density at radius 2 is 1.97 bits per heavy atom. The molecule has 1 aromatic heterocycles. The van der Waals surface area contributed by atoms with Gasteiger partial charge in [0.2, 0.25) is 5.91 Å². The second-order valence-electron chi connectivity index (χ2n) is 7.35. The van der Waals surface area contributed by atoms with Gasteiger partial charge in [0.15, 0.2) is 5.58 Å². The molecule has 1 fully saturated rings. The Morgan fingerprint density at radius 3 is 2.69 bits per heavy atom. The first-order valence-corrected chi connectivity index (χ1v) is 10.1. The average Bonchev–Trinajstić information content (AvgIpc) is 3.09. The molecule has 0 radical (unpaired) electrons. The number of nitro benzene ring substituents is 1. The van der Waals surface area contributed by atoms with Crippen LogP contribution in [0, 0.1) is 15.9 Å². The third kappa shape index (κ3) is 4.62. The summed E-state index contributed by atoms with van der Waals surface area (Å²) in [4.78, 5) is 36.5. The number of anilines is 2. The van der Waals surface area contributed by atoms with Crippen molar-refractivity contribution in [3.63, 3.8) is 0 Å². The van der Waals surface area contributed by atoms with Crippen molar-refractivity contribution in [1.82, 2.24) is 4.57 Å². The number of amides is 1. The van der Waals surface area contributed by atoms with Crippen LogP contribution in [-0.4, -0.2) is 41.7 Å². The van der Waals surface area contributed by atoms with Crippen LogP contribution in [0.2, 0.25) is 0 Å². The fourth-order valence-electron chi connectivity index (χ4n) is 3.65. The fraction of sp³-hybridized carbons (Fsp3) is 0.333. The highest BCUT2D eigenvalue weighted by Crippen LogP contribution is 2.24. The van der Waals surface area contributed by atoms with Crippen LogP contribution >= 0.6 is 0 Å². The van der Waals surface area contributed by atoms with E-state index in [0.29, 0.717) is 49.6 Å². The molecule has 2 heterocycles. The van der Waals surface area contributed by atoms with Gasteiger partial charge in [-0.3, -0.25) is 19.5 Å². The number of non-ortho nitro benzene ring substituents is 1. The number of carbonyl (C=O) groups is 1. The number of hydrogen-bond acceptors (Lipinski definition) is 7. The molecular weight excluding hydrogens is 423 g/mol. The standard InChI is InChI=1S/C21H21FN4O6/c22-16-12-14(3-5-17(16)24-8-10-31-11-9-24)23-20(27)2-1-7-25-18-6-4-15(26(29)30)13-19(18)32-21(25)28/h3-6,12-13H,1-2,7-11H2,(H,23,27). The van der Waals surface area contributed by atoms with Crippen LogP contribution in [-0.2, 0) is 16.1 Å². The van der Waals surface area contributed by atoms with Gasteiger partial charge in [0.1, 0.15) is 5.82 Å². The third-order valence-electron chi connectivity index (χ3n) is 5.23. The summed E-state index contributed by atoms with van der Waals surface area (Å²) in [5.41, 5.74) is 1.18. The molecule has 1 aliphatic rings. The van der Waals surface area contributed by atoms with E-state index in [1.165, 1.54) is 28.8 Å². The van der Waals surface area contributed by atoms with Gasteiger partial charge in [0.05, 0.1) is 35.4 Å². The van der Waals surface area contributed by atoms with Gasteiger partial charge in [0.25, 0.3) is 5.69 Å². The van der Waals surface area contributed by atoms with Crippen LogP contribution in [0.5, 0.6) is 0 Å². The summed E-state index contributed by atoms with van der Waals surface area (Å²) in [5.74, 6) is -1.39. The highest BCUT2D eigenvalue weighted by molar-refractivity contribution is 5.90. The molecule has 0 aliphatic carbocycles. The van der Waals surface area contributed by atoms with Crippen molar-refractivity contribution >= 4 is 34.1 Å². The quantitative estimate of drug-likeness (QED) is 0.439. The first-order valence-electron chi connectivity index (χ1n) is 10.1. The summed E-state index contributed by atoms with van der Waals surface area (Å²) in [5, 5.41) is 13.5. The van der Waals surface area contributed by atoms with Crippen molar-refractivity contribution in [1.29, 1.82) is 0 Å². The van der Waals surface area contributed by atoms with Crippen molar-refractivity contribution in [2.45, 2.75) is 19.4 Å². The number of aryl methyl sites for hydroxylation is 1. The van der Waals surface area contributed by atoms with Crippen LogP contribution < -0.4 is 16.0 Å². The molecular formula is C21H21FN4O6. The normalized spacial score (nSPS) is 14.0. The van der Waals surface area contributed by atoms with Gasteiger partial charge in [-0.2, -0.15) is 0 Å². The number of halogens is 1. The van der Waals surface area contributed by atoms with Crippen molar-refractivity contribution in [2.75, 3.05) is 36.5 Å². The summed E-state index contributed by atoms with van der Waals surface area (Å²) in [6.07, 6.45) is 0.421. The lowest BCUT2D eigenvalue weighted by Crippen LogP contribution is -2.36. The predicted octanol–water partition coefficient (Wildman–Crippen LogP) is 2.90. The topological polar surface area (TPSA) is 120 Å². The Balaban J connectivity index is 1.34. The maximum Gasteiger partial charge on any atom is 0.419 e. The van der Waals surface area contributed by atoms with Gasteiger partial charge in [0, 0.05) is 37.8 Å². The maximum atomic E-state index is 14.5. The van der Waals surface area contributed by atoms with Gasteiger partial charge in [-0.05, 0) is 30.7 Å². The molecule has 0 bridgehead atoms. The Morgan fingerprint density at radius 1 is 1.19 bits per heavy atom. The largest absolute Gasteiger partial charge is 0.419 e. The van der Waals surface area contributed by atoms with E-state index in [4.69, 9.17) is 9.15 Å². The van der Waals surface area contributed by atoms with Gasteiger partial charge in [-0.1, -0.05) is 0 Å². The second kappa shape index (κ2) is 9.18. The molecule has 0 unspecified atom stereocenters. The van der Waals surface area contributed by atoms with Gasteiger partial charge < -0.3 is 19.4 Å². The number of rotatable bonds is 7. The Hall–Kier alpha value is -3.73. The molecule has 4 rings (SSSR count). The number of hydrogen-bond donors (Lipinski definition) is 1. The third-order valence-corrected chi connectivity index (χ3v) is 5.23. The molecule has 1 amide bonds. The zero-order valence-electron chi connectivity index (χ0n) is 17.1. The van der Waals surface area contributed by atoms with Crippen LogP contribution in [0.25, 0.3) is 11.1 Å². The lowest BCUT2D eigenvalue weighted by molar-refractivity contribution is -0.384. The average molecular weight is 444 g/mol. The number of carbonyl (C=O) groups excluding carboxylic acids is 1. The summed E-state index contributed by atoms with van der Waals surface area (Å²) >= 11 is 0. The van der Waals surface area contributed by atoms with Crippen molar-refractivity contribution in [3.05, 3.63) is 62.9 Å². The van der Waals surface area contributed by atoms with E-state index in [9.17, 15) is 24.1 Å². The number of nitrogens with one attached hydrogen (secondary N) is 1. The van der Waals surface area contributed by atoms with Crippen LogP contribution in [0.3, 0.4) is 0 Å². The molecule has 0 spiro atoms. The zero-order valence-corrected chi connectivity index (χ0v) is 17.1. The molecule has 2 aromatic carbocycles. The van der Waals surface area contributed by atoms with E-state index in [0.717, 1.165) is 0 Å². The molecule has 1 N–H and O–H groups in total. The van der Waals surface area contributed by atoms with Crippen LogP contribution in [0.4, 0.5) is 21.5 Å². The fourth-order valence-corrected chi connectivity index (χ4v) is 3.65. The number of benzene rings is 2. The maximum absolute atomic E-state index is 14.5. The Bertz CT molecular complexity index is 1210. The molecule has 168 valence electrons. The first-order chi connectivity index (χ1) is 15.4. The minimum absolute atomic E-state index is 0.0962. The zero-order chi connectivity index (χ0) is 22.7. The van der Waals surface area contributed by atoms with Crippen LogP contribution in [0.1, 0.15) is 12.8 Å². The minimum atomic E-state index is -0.651. The van der Waals surface area contributed by atoms with Crippen molar-refractivity contribution in [2.24, 2.45) is 0 Å². The smallest absolute Gasteiger partial charge is 0.407 e. The molecule has 0 saturated carbocycles. The monoisotopic (exact) mass is 444 g/mol. The summed E-state index contributed by atoms with van der Waals surface area (Å²) in [7, 11) is 0. The van der Waals surface area contributed by atoms with E-state index >= 15 is 0 Å². The number of nitro groups is 1. The van der Waals surface area contributed by atoms with Gasteiger partial charge >= 0.3 is 5.76 Å². The molecule has 1 aliphatic heterocycles. The number of fused-ring (bicyclic) bond motifs is 1. The van der Waals surface area contributed by atoms with E-state index in [2.05, 4.69) is 5.32 Å². The van der Waals surface area contributed by atoms with E-state index in [1.54, 1.807) is 12.1 Å². The van der Waals surface area contributed by atoms with Gasteiger partial charge in [-0.15, -0.1) is 0 Å². The number of morpholine rings is 1. The number of ether oxygens (including phenoxy) is 1. The lowest BCUT2D eigenvalue weighted by Gasteiger charge is -2.29. The molecule has 10 nitrogen and oxygen atoms in total. The summed E-state index contributed by atoms with van der Waals surface area (Å²) in [6.45, 7) is 2.51. The Kier molecular flexibility index (Phi) is 6.17.